The summed E-state index contributed by atoms with van der Waals surface area (Å²) in [4.78, 5) is 22.1. The summed E-state index contributed by atoms with van der Waals surface area (Å²) in [5.74, 6) is -0.0985. The molecule has 27 heavy (non-hydrogen) atoms. The minimum absolute atomic E-state index is 0.245. The van der Waals surface area contributed by atoms with Crippen LogP contribution in [-0.2, 0) is 9.36 Å². The molecule has 0 aliphatic carbocycles. The van der Waals surface area contributed by atoms with Gasteiger partial charge in [0.2, 0.25) is 5.91 Å². The van der Waals surface area contributed by atoms with Crippen LogP contribution < -0.4 is 15.6 Å². The highest BCUT2D eigenvalue weighted by Crippen LogP contribution is 2.30. The second kappa shape index (κ2) is 8.60. The van der Waals surface area contributed by atoms with Crippen molar-refractivity contribution in [1.82, 2.24) is 0 Å². The lowest BCUT2D eigenvalue weighted by molar-refractivity contribution is -0.111. The highest BCUT2D eigenvalue weighted by atomic mass is 32.1. The SMILES string of the molecule is Nc1ccc(-c2cccs2)cc1NC(=O)/C=C/c1cccc(O[P+](=O)O)c1. The van der Waals surface area contributed by atoms with Crippen molar-refractivity contribution >= 4 is 42.9 Å². The van der Waals surface area contributed by atoms with Crippen LogP contribution in [0.25, 0.3) is 16.5 Å². The van der Waals surface area contributed by atoms with Gasteiger partial charge in [-0.1, -0.05) is 24.3 Å². The Morgan fingerprint density at radius 3 is 2.78 bits per heavy atom. The lowest BCUT2D eigenvalue weighted by Gasteiger charge is -2.08. The summed E-state index contributed by atoms with van der Waals surface area (Å²) in [7, 11) is -2.73. The van der Waals surface area contributed by atoms with E-state index in [0.29, 0.717) is 16.9 Å². The number of nitrogens with one attached hydrogen (secondary N) is 1. The molecule has 136 valence electrons. The predicted molar refractivity (Wildman–Crippen MR) is 109 cm³/mol. The van der Waals surface area contributed by atoms with Crippen molar-refractivity contribution < 1.29 is 18.8 Å². The molecule has 4 N–H and O–H groups in total. The van der Waals surface area contributed by atoms with Gasteiger partial charge in [-0.3, -0.25) is 4.79 Å². The van der Waals surface area contributed by atoms with Crippen molar-refractivity contribution in [1.29, 1.82) is 0 Å². The molecule has 1 amide bonds. The third-order valence-corrected chi connectivity index (χ3v) is 4.87. The van der Waals surface area contributed by atoms with E-state index in [1.54, 1.807) is 47.7 Å². The summed E-state index contributed by atoms with van der Waals surface area (Å²) in [5.41, 5.74) is 8.59. The first-order chi connectivity index (χ1) is 13.0. The van der Waals surface area contributed by atoms with Crippen LogP contribution in [0.2, 0.25) is 0 Å². The average Bonchev–Trinajstić information content (AvgIpc) is 3.16. The van der Waals surface area contributed by atoms with E-state index in [2.05, 4.69) is 5.32 Å². The first-order valence-electron chi connectivity index (χ1n) is 7.88. The number of hydrogen-bond donors (Lipinski definition) is 3. The molecule has 0 radical (unpaired) electrons. The lowest BCUT2D eigenvalue weighted by atomic mass is 10.1. The minimum atomic E-state index is -2.73. The zero-order valence-electron chi connectivity index (χ0n) is 14.0. The number of carbonyl (C=O) groups excluding carboxylic acids is 1. The standard InChI is InChI=1S/C19H15N2O4PS/c20-16-8-7-14(18-5-2-10-27-18)12-17(16)21-19(22)9-6-13-3-1-4-15(11-13)25-26(23)24/h1-12H,20H2,(H-,21,22,23,24)/p+1/b9-6+. The van der Waals surface area contributed by atoms with Crippen LogP contribution >= 0.6 is 19.6 Å². The molecule has 3 aromatic rings. The van der Waals surface area contributed by atoms with Crippen molar-refractivity contribution in [3.63, 3.8) is 0 Å². The third kappa shape index (κ3) is 5.24. The predicted octanol–water partition coefficient (Wildman–Crippen LogP) is 4.68. The van der Waals surface area contributed by atoms with Crippen LogP contribution in [0.5, 0.6) is 5.75 Å². The summed E-state index contributed by atoms with van der Waals surface area (Å²) >= 11 is 1.60. The molecule has 1 aromatic heterocycles. The fourth-order valence-corrected chi connectivity index (χ4v) is 3.39. The van der Waals surface area contributed by atoms with Crippen molar-refractivity contribution in [3.05, 3.63) is 71.6 Å². The summed E-state index contributed by atoms with van der Waals surface area (Å²) in [6.45, 7) is 0. The molecule has 2 aromatic carbocycles. The molecule has 8 heteroatoms. The molecule has 1 heterocycles. The Morgan fingerprint density at radius 2 is 2.04 bits per heavy atom. The molecule has 0 saturated carbocycles. The zero-order valence-corrected chi connectivity index (χ0v) is 15.7. The van der Waals surface area contributed by atoms with Crippen LogP contribution in [0, 0.1) is 0 Å². The molecule has 1 atom stereocenters. The Kier molecular flexibility index (Phi) is 5.98. The Morgan fingerprint density at radius 1 is 1.19 bits per heavy atom. The van der Waals surface area contributed by atoms with Crippen molar-refractivity contribution in [3.8, 4) is 16.2 Å². The van der Waals surface area contributed by atoms with Gasteiger partial charge < -0.3 is 11.1 Å². The molecule has 3 rings (SSSR count). The summed E-state index contributed by atoms with van der Waals surface area (Å²) < 4.78 is 15.5. The summed E-state index contributed by atoms with van der Waals surface area (Å²) in [5, 5.41) is 4.75. The molecular formula is C19H16N2O4PS+. The zero-order chi connectivity index (χ0) is 19.2. The summed E-state index contributed by atoms with van der Waals surface area (Å²) in [6, 6.07) is 16.0. The number of nitrogens with two attached hydrogens (primary N) is 1. The topological polar surface area (TPSA) is 102 Å². The van der Waals surface area contributed by atoms with E-state index in [1.807, 2.05) is 29.6 Å². The molecule has 0 saturated heterocycles. The fraction of sp³-hybridized carbons (Fsp3) is 0. The van der Waals surface area contributed by atoms with Gasteiger partial charge in [0.05, 0.1) is 11.4 Å². The fourth-order valence-electron chi connectivity index (χ4n) is 2.37. The quantitative estimate of drug-likeness (QED) is 0.317. The van der Waals surface area contributed by atoms with Crippen molar-refractivity contribution in [2.45, 2.75) is 0 Å². The molecular weight excluding hydrogens is 383 g/mol. The van der Waals surface area contributed by atoms with E-state index in [4.69, 9.17) is 15.2 Å². The Bertz CT molecular complexity index is 1000. The molecule has 1 unspecified atom stereocenters. The second-order valence-corrected chi connectivity index (χ2v) is 7.11. The van der Waals surface area contributed by atoms with E-state index < -0.39 is 8.25 Å². The highest BCUT2D eigenvalue weighted by molar-refractivity contribution is 7.32. The summed E-state index contributed by atoms with van der Waals surface area (Å²) in [6.07, 6.45) is 2.93. The van der Waals surface area contributed by atoms with Crippen molar-refractivity contribution in [2.75, 3.05) is 11.1 Å². The Labute approximate surface area is 160 Å². The molecule has 0 aliphatic rings. The van der Waals surface area contributed by atoms with E-state index in [-0.39, 0.29) is 11.7 Å². The van der Waals surface area contributed by atoms with Crippen LogP contribution in [0.3, 0.4) is 0 Å². The largest absolute Gasteiger partial charge is 0.747 e. The molecule has 0 bridgehead atoms. The van der Waals surface area contributed by atoms with Crippen LogP contribution in [0.15, 0.2) is 66.1 Å². The van der Waals surface area contributed by atoms with E-state index >= 15 is 0 Å². The monoisotopic (exact) mass is 399 g/mol. The molecule has 0 aliphatic heterocycles. The average molecular weight is 399 g/mol. The maximum absolute atomic E-state index is 12.2. The molecule has 6 nitrogen and oxygen atoms in total. The van der Waals surface area contributed by atoms with Gasteiger partial charge in [0.1, 0.15) is 0 Å². The number of rotatable bonds is 6. The first-order valence-corrected chi connectivity index (χ1v) is 9.89. The number of hydrogen-bond acceptors (Lipinski definition) is 5. The maximum atomic E-state index is 12.2. The number of anilines is 2. The van der Waals surface area contributed by atoms with Gasteiger partial charge in [-0.2, -0.15) is 0 Å². The minimum Gasteiger partial charge on any atom is -0.397 e. The van der Waals surface area contributed by atoms with Gasteiger partial charge >= 0.3 is 8.25 Å². The van der Waals surface area contributed by atoms with E-state index in [1.165, 1.54) is 6.08 Å². The second-order valence-electron chi connectivity index (χ2n) is 5.50. The van der Waals surface area contributed by atoms with Gasteiger partial charge in [0.15, 0.2) is 5.75 Å². The third-order valence-electron chi connectivity index (χ3n) is 3.59. The van der Waals surface area contributed by atoms with Crippen LogP contribution in [0.1, 0.15) is 5.56 Å². The van der Waals surface area contributed by atoms with Gasteiger partial charge in [-0.25, -0.2) is 4.52 Å². The number of thiophene rings is 1. The van der Waals surface area contributed by atoms with Crippen LogP contribution in [0.4, 0.5) is 11.4 Å². The lowest BCUT2D eigenvalue weighted by Crippen LogP contribution is -2.09. The Hall–Kier alpha value is -2.99. The highest BCUT2D eigenvalue weighted by Gasteiger charge is 2.13. The van der Waals surface area contributed by atoms with Gasteiger partial charge in [-0.15, -0.1) is 16.2 Å². The molecule has 0 fully saturated rings. The van der Waals surface area contributed by atoms with Gasteiger partial charge in [0, 0.05) is 15.5 Å². The number of carbonyl (C=O) groups is 1. The van der Waals surface area contributed by atoms with E-state index in [9.17, 15) is 9.36 Å². The number of benzene rings is 2. The normalized spacial score (nSPS) is 11.4. The molecule has 0 spiro atoms. The Balaban J connectivity index is 1.71. The number of amides is 1. The first kappa shape index (κ1) is 18.8. The smallest absolute Gasteiger partial charge is 0.397 e. The van der Waals surface area contributed by atoms with Crippen LogP contribution in [-0.4, -0.2) is 10.8 Å². The van der Waals surface area contributed by atoms with Crippen molar-refractivity contribution in [2.24, 2.45) is 0 Å². The van der Waals surface area contributed by atoms with Gasteiger partial charge in [0.25, 0.3) is 0 Å². The van der Waals surface area contributed by atoms with Gasteiger partial charge in [-0.05, 0) is 52.9 Å². The number of nitrogen functional groups attached to an aromatic ring is 1. The maximum Gasteiger partial charge on any atom is 0.747 e. The van der Waals surface area contributed by atoms with E-state index in [0.717, 1.165) is 10.4 Å².